The highest BCUT2D eigenvalue weighted by Gasteiger charge is 2.29. The maximum Gasteiger partial charge on any atom is 0.262 e. The first-order valence-corrected chi connectivity index (χ1v) is 7.05. The van der Waals surface area contributed by atoms with Gasteiger partial charge >= 0.3 is 0 Å². The van der Waals surface area contributed by atoms with Crippen LogP contribution in [0.15, 0.2) is 15.5 Å². The summed E-state index contributed by atoms with van der Waals surface area (Å²) in [6.07, 6.45) is 3.27. The topological polar surface area (TPSA) is 91.2 Å². The number of likely N-dealkylation sites (N-methyl/N-ethyl adjacent to an activating group) is 1. The number of fused-ring (bicyclic) bond motifs is 1. The maximum absolute atomic E-state index is 12.8. The molecular formula is C14H19ClN4O3. The van der Waals surface area contributed by atoms with Gasteiger partial charge in [-0.3, -0.25) is 9.59 Å². The average molecular weight is 327 g/mol. The highest BCUT2D eigenvalue weighted by molar-refractivity contribution is 6.06. The third-order valence-corrected chi connectivity index (χ3v) is 4.00. The highest BCUT2D eigenvalue weighted by atomic mass is 35.5. The lowest BCUT2D eigenvalue weighted by atomic mass is 10.0. The molecule has 7 nitrogen and oxygen atoms in total. The van der Waals surface area contributed by atoms with E-state index >= 15 is 0 Å². The predicted octanol–water partition coefficient (Wildman–Crippen LogP) is 1.07. The number of aromatic nitrogens is 2. The number of H-pyrrole nitrogens is 1. The highest BCUT2D eigenvalue weighted by Crippen LogP contribution is 2.23. The molecule has 1 aliphatic rings. The van der Waals surface area contributed by atoms with Gasteiger partial charge in [-0.25, -0.2) is 4.98 Å². The minimum absolute atomic E-state index is 0. The molecule has 0 bridgehead atoms. The number of hydrogen-bond donors (Lipinski definition) is 2. The summed E-state index contributed by atoms with van der Waals surface area (Å²) in [4.78, 5) is 33.0. The van der Waals surface area contributed by atoms with Crippen molar-refractivity contribution in [3.8, 4) is 0 Å². The van der Waals surface area contributed by atoms with Crippen LogP contribution in [0.3, 0.4) is 0 Å². The van der Waals surface area contributed by atoms with Gasteiger partial charge in [0.15, 0.2) is 0 Å². The van der Waals surface area contributed by atoms with Crippen LogP contribution in [0.4, 0.5) is 0 Å². The number of carbonyl (C=O) groups excluding carboxylic acids is 1. The van der Waals surface area contributed by atoms with Crippen LogP contribution in [-0.4, -0.2) is 47.0 Å². The van der Waals surface area contributed by atoms with E-state index in [1.165, 1.54) is 6.33 Å². The van der Waals surface area contributed by atoms with Crippen molar-refractivity contribution in [2.75, 3.05) is 20.1 Å². The SMILES string of the molecule is CNC1CCCN(C(=O)c2c(C)oc3nc[nH]c(=O)c23)C1.Cl. The van der Waals surface area contributed by atoms with Crippen LogP contribution in [0, 0.1) is 6.92 Å². The van der Waals surface area contributed by atoms with E-state index in [4.69, 9.17) is 4.42 Å². The molecule has 1 fully saturated rings. The number of likely N-dealkylation sites (tertiary alicyclic amines) is 1. The van der Waals surface area contributed by atoms with Crippen molar-refractivity contribution in [2.24, 2.45) is 0 Å². The summed E-state index contributed by atoms with van der Waals surface area (Å²) in [6.45, 7) is 3.02. The monoisotopic (exact) mass is 326 g/mol. The molecule has 0 saturated carbocycles. The van der Waals surface area contributed by atoms with Crippen molar-refractivity contribution < 1.29 is 9.21 Å². The third-order valence-electron chi connectivity index (χ3n) is 4.00. The van der Waals surface area contributed by atoms with Crippen LogP contribution >= 0.6 is 12.4 Å². The molecule has 120 valence electrons. The van der Waals surface area contributed by atoms with Crippen LogP contribution < -0.4 is 10.9 Å². The Kier molecular flexibility index (Phi) is 4.87. The van der Waals surface area contributed by atoms with Crippen molar-refractivity contribution in [1.29, 1.82) is 0 Å². The first-order valence-electron chi connectivity index (χ1n) is 7.05. The quantitative estimate of drug-likeness (QED) is 0.861. The molecule has 1 amide bonds. The summed E-state index contributed by atoms with van der Waals surface area (Å²) >= 11 is 0. The molecule has 2 aromatic heterocycles. The Morgan fingerprint density at radius 3 is 3.05 bits per heavy atom. The van der Waals surface area contributed by atoms with Gasteiger partial charge in [0.05, 0.1) is 11.9 Å². The number of piperidine rings is 1. The summed E-state index contributed by atoms with van der Waals surface area (Å²) in [7, 11) is 1.89. The van der Waals surface area contributed by atoms with Crippen LogP contribution in [0.25, 0.3) is 11.1 Å². The number of furan rings is 1. The second kappa shape index (κ2) is 6.50. The van der Waals surface area contributed by atoms with Gasteiger partial charge < -0.3 is 19.6 Å². The first-order chi connectivity index (χ1) is 10.1. The number of amides is 1. The van der Waals surface area contributed by atoms with Crippen LogP contribution in [-0.2, 0) is 0 Å². The Hall–Kier alpha value is -1.86. The Balaban J connectivity index is 0.00000176. The Bertz CT molecular complexity index is 739. The number of rotatable bonds is 2. The summed E-state index contributed by atoms with van der Waals surface area (Å²) in [5.74, 6) is 0.274. The normalized spacial score (nSPS) is 18.3. The summed E-state index contributed by atoms with van der Waals surface area (Å²) in [6, 6.07) is 0.289. The number of aryl methyl sites for hydroxylation is 1. The predicted molar refractivity (Wildman–Crippen MR) is 84.6 cm³/mol. The fourth-order valence-corrected chi connectivity index (χ4v) is 2.87. The second-order valence-electron chi connectivity index (χ2n) is 5.32. The summed E-state index contributed by atoms with van der Waals surface area (Å²) < 4.78 is 5.45. The molecule has 22 heavy (non-hydrogen) atoms. The van der Waals surface area contributed by atoms with Gasteiger partial charge in [0, 0.05) is 19.1 Å². The Morgan fingerprint density at radius 1 is 1.55 bits per heavy atom. The van der Waals surface area contributed by atoms with E-state index in [0.717, 1.165) is 12.8 Å². The number of halogens is 1. The van der Waals surface area contributed by atoms with E-state index in [9.17, 15) is 9.59 Å². The molecule has 2 aromatic rings. The van der Waals surface area contributed by atoms with Gasteiger partial charge in [-0.15, -0.1) is 12.4 Å². The molecular weight excluding hydrogens is 308 g/mol. The van der Waals surface area contributed by atoms with Gasteiger partial charge in [0.25, 0.3) is 11.5 Å². The fraction of sp³-hybridized carbons (Fsp3) is 0.500. The molecule has 3 rings (SSSR count). The Morgan fingerprint density at radius 2 is 2.32 bits per heavy atom. The summed E-state index contributed by atoms with van der Waals surface area (Å²) in [5.41, 5.74) is 0.195. The van der Waals surface area contributed by atoms with Crippen LogP contribution in [0.2, 0.25) is 0 Å². The lowest BCUT2D eigenvalue weighted by Crippen LogP contribution is -2.47. The van der Waals surface area contributed by atoms with Crippen molar-refractivity contribution in [3.05, 3.63) is 28.0 Å². The fourth-order valence-electron chi connectivity index (χ4n) is 2.87. The number of aromatic amines is 1. The van der Waals surface area contributed by atoms with E-state index in [0.29, 0.717) is 24.4 Å². The van der Waals surface area contributed by atoms with Gasteiger partial charge in [-0.05, 0) is 26.8 Å². The van der Waals surface area contributed by atoms with Crippen molar-refractivity contribution in [2.45, 2.75) is 25.8 Å². The minimum Gasteiger partial charge on any atom is -0.442 e. The standard InChI is InChI=1S/C14H18N4O3.ClH/c1-8-10(11-12(19)16-7-17-13(11)21-8)14(20)18-5-3-4-9(6-18)15-2;/h7,9,15H,3-6H2,1-2H3,(H,16,17,19);1H. The van der Waals surface area contributed by atoms with Crippen molar-refractivity contribution in [1.82, 2.24) is 20.2 Å². The average Bonchev–Trinajstić information content (AvgIpc) is 2.84. The summed E-state index contributed by atoms with van der Waals surface area (Å²) in [5, 5.41) is 3.44. The zero-order valence-corrected chi connectivity index (χ0v) is 13.3. The first kappa shape index (κ1) is 16.5. The maximum atomic E-state index is 12.8. The second-order valence-corrected chi connectivity index (χ2v) is 5.32. The zero-order chi connectivity index (χ0) is 15.0. The largest absolute Gasteiger partial charge is 0.442 e. The van der Waals surface area contributed by atoms with Gasteiger partial charge in [-0.2, -0.15) is 0 Å². The van der Waals surface area contributed by atoms with Crippen LogP contribution in [0.5, 0.6) is 0 Å². The molecule has 8 heteroatoms. The number of nitrogens with zero attached hydrogens (tertiary/aromatic N) is 2. The van der Waals surface area contributed by atoms with E-state index in [2.05, 4.69) is 15.3 Å². The number of nitrogens with one attached hydrogen (secondary N) is 2. The smallest absolute Gasteiger partial charge is 0.262 e. The number of hydrogen-bond acceptors (Lipinski definition) is 5. The molecule has 1 unspecified atom stereocenters. The Labute approximate surface area is 133 Å². The molecule has 0 spiro atoms. The van der Waals surface area contributed by atoms with Crippen LogP contribution in [0.1, 0.15) is 29.0 Å². The van der Waals surface area contributed by atoms with Crippen molar-refractivity contribution in [3.63, 3.8) is 0 Å². The van der Waals surface area contributed by atoms with Gasteiger partial charge in [0.1, 0.15) is 11.1 Å². The molecule has 3 heterocycles. The zero-order valence-electron chi connectivity index (χ0n) is 12.5. The third kappa shape index (κ3) is 2.74. The minimum atomic E-state index is -0.345. The lowest BCUT2D eigenvalue weighted by molar-refractivity contribution is 0.0698. The lowest BCUT2D eigenvalue weighted by Gasteiger charge is -2.32. The van der Waals surface area contributed by atoms with Gasteiger partial charge in [0.2, 0.25) is 5.71 Å². The van der Waals surface area contributed by atoms with E-state index < -0.39 is 0 Å². The van der Waals surface area contributed by atoms with E-state index in [-0.39, 0.29) is 41.0 Å². The molecule has 0 radical (unpaired) electrons. The molecule has 0 aromatic carbocycles. The van der Waals surface area contributed by atoms with Gasteiger partial charge in [-0.1, -0.05) is 0 Å². The van der Waals surface area contributed by atoms with E-state index in [1.807, 2.05) is 7.05 Å². The molecule has 1 saturated heterocycles. The molecule has 2 N–H and O–H groups in total. The molecule has 1 atom stereocenters. The molecule has 0 aliphatic carbocycles. The van der Waals surface area contributed by atoms with E-state index in [1.54, 1.807) is 11.8 Å². The molecule has 1 aliphatic heterocycles. The van der Waals surface area contributed by atoms with Crippen molar-refractivity contribution >= 4 is 29.4 Å². The number of carbonyl (C=O) groups is 1.